The highest BCUT2D eigenvalue weighted by molar-refractivity contribution is 5.58. The van der Waals surface area contributed by atoms with Crippen LogP contribution in [0.5, 0.6) is 6.01 Å². The number of ether oxygens (including phenoxy) is 1. The number of nitrogens with zero attached hydrogens (tertiary/aromatic N) is 4. The molecule has 0 saturated carbocycles. The summed E-state index contributed by atoms with van der Waals surface area (Å²) in [6.07, 6.45) is 0. The van der Waals surface area contributed by atoms with Gasteiger partial charge in [-0.15, -0.1) is 0 Å². The van der Waals surface area contributed by atoms with Gasteiger partial charge in [0.2, 0.25) is 11.9 Å². The molecule has 0 radical (unpaired) electrons. The third kappa shape index (κ3) is 3.36. The molecule has 6 nitrogen and oxygen atoms in total. The summed E-state index contributed by atoms with van der Waals surface area (Å²) in [7, 11) is 1.70. The van der Waals surface area contributed by atoms with E-state index in [1.807, 2.05) is 13.8 Å². The number of halogens is 1. The van der Waals surface area contributed by atoms with Crippen molar-refractivity contribution in [1.29, 1.82) is 0 Å². The zero-order valence-corrected chi connectivity index (χ0v) is 12.3. The predicted octanol–water partition coefficient (Wildman–Crippen LogP) is 2.61. The second kappa shape index (κ2) is 6.83. The Hall–Kier alpha value is -2.44. The van der Waals surface area contributed by atoms with Gasteiger partial charge in [-0.05, 0) is 26.0 Å². The normalized spacial score (nSPS) is 10.3. The van der Waals surface area contributed by atoms with E-state index in [-0.39, 0.29) is 11.8 Å². The lowest BCUT2D eigenvalue weighted by Crippen LogP contribution is -2.21. The zero-order valence-electron chi connectivity index (χ0n) is 12.3. The highest BCUT2D eigenvalue weighted by Gasteiger charge is 2.17. The average Bonchev–Trinajstić information content (AvgIpc) is 2.50. The van der Waals surface area contributed by atoms with Gasteiger partial charge in [0, 0.05) is 13.6 Å². The lowest BCUT2D eigenvalue weighted by Gasteiger charge is -2.21. The summed E-state index contributed by atoms with van der Waals surface area (Å²) in [5.74, 6) is 0.382. The van der Waals surface area contributed by atoms with E-state index in [0.29, 0.717) is 30.7 Å². The molecule has 2 aromatic rings. The van der Waals surface area contributed by atoms with Crippen molar-refractivity contribution in [3.05, 3.63) is 30.1 Å². The molecule has 0 fully saturated rings. The number of benzene rings is 1. The highest BCUT2D eigenvalue weighted by atomic mass is 19.1. The standard InChI is InChI=1S/C14H18FN5O/c1-4-20(11-9-7-6-8-10(11)15)13-17-12(16-3)18-14(19-13)21-5-2/h6-9H,4-5H2,1-3H3,(H,16,17,18,19). The van der Waals surface area contributed by atoms with Gasteiger partial charge in [-0.1, -0.05) is 12.1 Å². The summed E-state index contributed by atoms with van der Waals surface area (Å²) in [6, 6.07) is 6.71. The van der Waals surface area contributed by atoms with E-state index in [2.05, 4.69) is 20.3 Å². The first-order chi connectivity index (χ1) is 10.2. The topological polar surface area (TPSA) is 63.2 Å². The molecular formula is C14H18FN5O. The number of hydrogen-bond acceptors (Lipinski definition) is 6. The van der Waals surface area contributed by atoms with Gasteiger partial charge in [0.15, 0.2) is 0 Å². The van der Waals surface area contributed by atoms with Crippen LogP contribution in [0.3, 0.4) is 0 Å². The third-order valence-electron chi connectivity index (χ3n) is 2.80. The Morgan fingerprint density at radius 1 is 1.19 bits per heavy atom. The molecule has 0 amide bonds. The fourth-order valence-electron chi connectivity index (χ4n) is 1.86. The monoisotopic (exact) mass is 291 g/mol. The Bertz CT molecular complexity index is 608. The Kier molecular flexibility index (Phi) is 4.86. The van der Waals surface area contributed by atoms with E-state index in [0.717, 1.165) is 0 Å². The van der Waals surface area contributed by atoms with Crippen molar-refractivity contribution < 1.29 is 9.13 Å². The van der Waals surface area contributed by atoms with Crippen LogP contribution in [0.1, 0.15) is 13.8 Å². The van der Waals surface area contributed by atoms with Crippen molar-refractivity contribution in [1.82, 2.24) is 15.0 Å². The molecule has 0 aliphatic carbocycles. The molecule has 0 spiro atoms. The smallest absolute Gasteiger partial charge is 0.323 e. The molecule has 0 saturated heterocycles. The van der Waals surface area contributed by atoms with E-state index < -0.39 is 0 Å². The van der Waals surface area contributed by atoms with Gasteiger partial charge in [-0.25, -0.2) is 4.39 Å². The molecule has 0 aliphatic heterocycles. The first kappa shape index (κ1) is 15.0. The van der Waals surface area contributed by atoms with Gasteiger partial charge < -0.3 is 15.0 Å². The van der Waals surface area contributed by atoms with E-state index in [1.54, 1.807) is 30.1 Å². The molecule has 1 aromatic heterocycles. The molecule has 1 aromatic carbocycles. The molecule has 21 heavy (non-hydrogen) atoms. The second-order valence-corrected chi connectivity index (χ2v) is 4.12. The summed E-state index contributed by atoms with van der Waals surface area (Å²) in [6.45, 7) is 4.70. The number of aromatic nitrogens is 3. The van der Waals surface area contributed by atoms with Crippen LogP contribution in [0, 0.1) is 5.82 Å². The molecule has 0 unspecified atom stereocenters. The fraction of sp³-hybridized carbons (Fsp3) is 0.357. The summed E-state index contributed by atoms with van der Waals surface area (Å²) in [4.78, 5) is 14.3. The van der Waals surface area contributed by atoms with Gasteiger partial charge in [0.05, 0.1) is 12.3 Å². The predicted molar refractivity (Wildman–Crippen MR) is 79.6 cm³/mol. The van der Waals surface area contributed by atoms with Crippen molar-refractivity contribution >= 4 is 17.6 Å². The van der Waals surface area contributed by atoms with Crippen LogP contribution < -0.4 is 15.0 Å². The van der Waals surface area contributed by atoms with Crippen LogP contribution in [0.15, 0.2) is 24.3 Å². The second-order valence-electron chi connectivity index (χ2n) is 4.12. The molecule has 0 atom stereocenters. The van der Waals surface area contributed by atoms with Crippen molar-refractivity contribution in [2.75, 3.05) is 30.4 Å². The van der Waals surface area contributed by atoms with Gasteiger partial charge in [-0.2, -0.15) is 15.0 Å². The number of nitrogens with one attached hydrogen (secondary N) is 1. The van der Waals surface area contributed by atoms with Crippen LogP contribution >= 0.6 is 0 Å². The van der Waals surface area contributed by atoms with E-state index >= 15 is 0 Å². The minimum absolute atomic E-state index is 0.210. The van der Waals surface area contributed by atoms with Crippen molar-refractivity contribution in [2.45, 2.75) is 13.8 Å². The molecule has 7 heteroatoms. The summed E-state index contributed by atoms with van der Waals surface area (Å²) < 4.78 is 19.3. The largest absolute Gasteiger partial charge is 0.464 e. The quantitative estimate of drug-likeness (QED) is 0.882. The zero-order chi connectivity index (χ0) is 15.2. The van der Waals surface area contributed by atoms with Gasteiger partial charge >= 0.3 is 6.01 Å². The number of rotatable bonds is 6. The molecule has 112 valence electrons. The Morgan fingerprint density at radius 2 is 1.95 bits per heavy atom. The molecule has 2 rings (SSSR count). The van der Waals surface area contributed by atoms with Gasteiger partial charge in [0.25, 0.3) is 0 Å². The van der Waals surface area contributed by atoms with Crippen molar-refractivity contribution in [3.8, 4) is 6.01 Å². The van der Waals surface area contributed by atoms with Crippen LogP contribution in [0.25, 0.3) is 0 Å². The van der Waals surface area contributed by atoms with Crippen molar-refractivity contribution in [3.63, 3.8) is 0 Å². The SMILES string of the molecule is CCOc1nc(NC)nc(N(CC)c2ccccc2F)n1. The Balaban J connectivity index is 2.46. The first-order valence-corrected chi connectivity index (χ1v) is 6.78. The average molecular weight is 291 g/mol. The van der Waals surface area contributed by atoms with E-state index in [1.165, 1.54) is 6.07 Å². The van der Waals surface area contributed by atoms with E-state index in [4.69, 9.17) is 4.74 Å². The van der Waals surface area contributed by atoms with Crippen LogP contribution in [0.4, 0.5) is 22.0 Å². The maximum absolute atomic E-state index is 14.0. The number of anilines is 3. The maximum Gasteiger partial charge on any atom is 0.323 e. The summed E-state index contributed by atoms with van der Waals surface area (Å²) in [5, 5.41) is 2.85. The van der Waals surface area contributed by atoms with Crippen LogP contribution in [-0.4, -0.2) is 35.2 Å². The molecule has 1 heterocycles. The van der Waals surface area contributed by atoms with Crippen molar-refractivity contribution in [2.24, 2.45) is 0 Å². The summed E-state index contributed by atoms with van der Waals surface area (Å²) in [5.41, 5.74) is 0.413. The van der Waals surface area contributed by atoms with Gasteiger partial charge in [-0.3, -0.25) is 0 Å². The maximum atomic E-state index is 14.0. The van der Waals surface area contributed by atoms with Gasteiger partial charge in [0.1, 0.15) is 5.82 Å². The fourth-order valence-corrected chi connectivity index (χ4v) is 1.86. The highest BCUT2D eigenvalue weighted by Crippen LogP contribution is 2.26. The number of hydrogen-bond donors (Lipinski definition) is 1. The summed E-state index contributed by atoms with van der Waals surface area (Å²) >= 11 is 0. The first-order valence-electron chi connectivity index (χ1n) is 6.78. The molecule has 0 bridgehead atoms. The lowest BCUT2D eigenvalue weighted by molar-refractivity contribution is 0.312. The molecule has 0 aliphatic rings. The Labute approximate surface area is 123 Å². The minimum atomic E-state index is -0.330. The molecular weight excluding hydrogens is 273 g/mol. The minimum Gasteiger partial charge on any atom is -0.464 e. The Morgan fingerprint density at radius 3 is 2.57 bits per heavy atom. The van der Waals surface area contributed by atoms with E-state index in [9.17, 15) is 4.39 Å². The lowest BCUT2D eigenvalue weighted by atomic mass is 10.3. The van der Waals surface area contributed by atoms with Crippen LogP contribution in [0.2, 0.25) is 0 Å². The van der Waals surface area contributed by atoms with Crippen LogP contribution in [-0.2, 0) is 0 Å². The third-order valence-corrected chi connectivity index (χ3v) is 2.80. The number of para-hydroxylation sites is 1. The molecule has 1 N–H and O–H groups in total.